The lowest BCUT2D eigenvalue weighted by Crippen LogP contribution is -1.99. The predicted octanol–water partition coefficient (Wildman–Crippen LogP) is 4.11. The van der Waals surface area contributed by atoms with Crippen molar-refractivity contribution in [2.45, 2.75) is 11.5 Å². The second-order valence-corrected chi connectivity index (χ2v) is 6.04. The lowest BCUT2D eigenvalue weighted by Gasteiger charge is -2.06. The zero-order chi connectivity index (χ0) is 13.5. The minimum atomic E-state index is 0.0871. The van der Waals surface area contributed by atoms with Gasteiger partial charge in [0.15, 0.2) is 0 Å². The van der Waals surface area contributed by atoms with Gasteiger partial charge in [0, 0.05) is 15.1 Å². The molecule has 19 heavy (non-hydrogen) atoms. The fourth-order valence-corrected chi connectivity index (χ4v) is 2.66. The Hall–Kier alpha value is -0.970. The van der Waals surface area contributed by atoms with E-state index in [2.05, 4.69) is 15.9 Å². The average Bonchev–Trinajstić information content (AvgIpc) is 2.46. The van der Waals surface area contributed by atoms with E-state index < -0.39 is 0 Å². The summed E-state index contributed by atoms with van der Waals surface area (Å²) in [6.45, 7) is 0.749. The lowest BCUT2D eigenvalue weighted by molar-refractivity contribution is 0.281. The summed E-state index contributed by atoms with van der Waals surface area (Å²) in [5, 5.41) is 9.07. The minimum absolute atomic E-state index is 0.0871. The molecule has 0 fully saturated rings. The number of hydrogen-bond donors (Lipinski definition) is 1. The first-order chi connectivity index (χ1) is 9.28. The van der Waals surface area contributed by atoms with Crippen molar-refractivity contribution in [1.29, 1.82) is 0 Å². The molecule has 0 aromatic heterocycles. The summed E-state index contributed by atoms with van der Waals surface area (Å²) in [6.07, 6.45) is 0. The van der Waals surface area contributed by atoms with Gasteiger partial charge in [0.2, 0.25) is 0 Å². The Balaban J connectivity index is 1.75. The van der Waals surface area contributed by atoms with Gasteiger partial charge in [-0.3, -0.25) is 0 Å². The molecule has 0 saturated heterocycles. The first kappa shape index (κ1) is 14.4. The molecule has 4 heteroatoms. The molecule has 2 aromatic carbocycles. The van der Waals surface area contributed by atoms with Gasteiger partial charge < -0.3 is 9.84 Å². The van der Waals surface area contributed by atoms with Crippen LogP contribution in [0.3, 0.4) is 0 Å². The molecule has 0 radical (unpaired) electrons. The van der Waals surface area contributed by atoms with E-state index in [4.69, 9.17) is 9.84 Å². The average molecular weight is 339 g/mol. The molecule has 100 valence electrons. The third-order valence-electron chi connectivity index (χ3n) is 2.52. The van der Waals surface area contributed by atoms with Gasteiger partial charge in [-0.05, 0) is 42.0 Å². The molecule has 0 aliphatic carbocycles. The van der Waals surface area contributed by atoms with E-state index in [0.717, 1.165) is 26.4 Å². The number of hydrogen-bond acceptors (Lipinski definition) is 3. The summed E-state index contributed by atoms with van der Waals surface area (Å²) in [5.74, 6) is 1.76. The molecule has 0 aliphatic rings. The maximum absolute atomic E-state index is 9.07. The number of aliphatic hydroxyl groups is 1. The zero-order valence-corrected chi connectivity index (χ0v) is 12.8. The topological polar surface area (TPSA) is 29.5 Å². The highest BCUT2D eigenvalue weighted by Gasteiger charge is 1.98. The summed E-state index contributed by atoms with van der Waals surface area (Å²) < 4.78 is 6.70. The number of halogens is 1. The fraction of sp³-hybridized carbons (Fsp3) is 0.200. The number of thioether (sulfide) groups is 1. The van der Waals surface area contributed by atoms with Crippen molar-refractivity contribution >= 4 is 27.7 Å². The van der Waals surface area contributed by atoms with Gasteiger partial charge >= 0.3 is 0 Å². The number of benzene rings is 2. The van der Waals surface area contributed by atoms with Crippen LogP contribution in [0.15, 0.2) is 57.9 Å². The molecule has 0 aliphatic heterocycles. The molecular weight excluding hydrogens is 324 g/mol. The van der Waals surface area contributed by atoms with Crippen molar-refractivity contribution in [1.82, 2.24) is 0 Å². The van der Waals surface area contributed by atoms with Gasteiger partial charge in [-0.15, -0.1) is 11.8 Å². The van der Waals surface area contributed by atoms with Gasteiger partial charge in [-0.1, -0.05) is 28.1 Å². The van der Waals surface area contributed by atoms with Crippen molar-refractivity contribution in [3.05, 3.63) is 58.6 Å². The summed E-state index contributed by atoms with van der Waals surface area (Å²) in [7, 11) is 0. The smallest absolute Gasteiger partial charge is 0.119 e. The van der Waals surface area contributed by atoms with E-state index >= 15 is 0 Å². The first-order valence-electron chi connectivity index (χ1n) is 5.99. The monoisotopic (exact) mass is 338 g/mol. The normalized spacial score (nSPS) is 10.4. The predicted molar refractivity (Wildman–Crippen MR) is 82.7 cm³/mol. The third-order valence-corrected chi connectivity index (χ3v) is 4.00. The third kappa shape index (κ3) is 4.90. The molecule has 0 heterocycles. The van der Waals surface area contributed by atoms with Gasteiger partial charge in [-0.25, -0.2) is 0 Å². The van der Waals surface area contributed by atoms with Crippen LogP contribution in [0.5, 0.6) is 5.75 Å². The molecule has 0 atom stereocenters. The molecule has 0 bridgehead atoms. The Morgan fingerprint density at radius 2 is 1.89 bits per heavy atom. The van der Waals surface area contributed by atoms with Gasteiger partial charge in [0.1, 0.15) is 5.75 Å². The molecule has 0 amide bonds. The number of ether oxygens (including phenoxy) is 1. The Labute approximate surface area is 125 Å². The Morgan fingerprint density at radius 1 is 1.11 bits per heavy atom. The molecular formula is C15H15BrO2S. The molecule has 1 N–H and O–H groups in total. The van der Waals surface area contributed by atoms with Crippen LogP contribution < -0.4 is 4.74 Å². The minimum Gasteiger partial charge on any atom is -0.493 e. The molecule has 2 rings (SSSR count). The lowest BCUT2D eigenvalue weighted by atomic mass is 10.2. The van der Waals surface area contributed by atoms with Crippen LogP contribution in [0.25, 0.3) is 0 Å². The molecule has 0 saturated carbocycles. The van der Waals surface area contributed by atoms with E-state index in [0.29, 0.717) is 6.61 Å². The van der Waals surface area contributed by atoms with E-state index in [1.807, 2.05) is 48.5 Å². The van der Waals surface area contributed by atoms with Crippen molar-refractivity contribution in [3.63, 3.8) is 0 Å². The highest BCUT2D eigenvalue weighted by molar-refractivity contribution is 9.10. The van der Waals surface area contributed by atoms with Gasteiger partial charge in [0.25, 0.3) is 0 Å². The van der Waals surface area contributed by atoms with E-state index in [1.165, 1.54) is 0 Å². The number of rotatable bonds is 6. The summed E-state index contributed by atoms with van der Waals surface area (Å²) in [6, 6.07) is 15.8. The highest BCUT2D eigenvalue weighted by atomic mass is 79.9. The van der Waals surface area contributed by atoms with Crippen molar-refractivity contribution < 1.29 is 9.84 Å². The quantitative estimate of drug-likeness (QED) is 0.634. The van der Waals surface area contributed by atoms with Crippen molar-refractivity contribution in [3.8, 4) is 5.75 Å². The van der Waals surface area contributed by atoms with Crippen LogP contribution in [-0.2, 0) is 6.61 Å². The van der Waals surface area contributed by atoms with Crippen molar-refractivity contribution in [2.75, 3.05) is 12.4 Å². The summed E-state index contributed by atoms with van der Waals surface area (Å²) in [4.78, 5) is 1.16. The second kappa shape index (κ2) is 7.58. The zero-order valence-electron chi connectivity index (χ0n) is 10.4. The van der Waals surface area contributed by atoms with Crippen LogP contribution in [0.4, 0.5) is 0 Å². The first-order valence-corrected chi connectivity index (χ1v) is 7.77. The summed E-state index contributed by atoms with van der Waals surface area (Å²) in [5.41, 5.74) is 0.943. The standard InChI is InChI=1S/C15H15BrO2S/c16-13-4-6-14(7-5-13)18-8-9-19-15-3-1-2-12(10-15)11-17/h1-7,10,17H,8-9,11H2. The maximum Gasteiger partial charge on any atom is 0.119 e. The van der Waals surface area contributed by atoms with E-state index in [9.17, 15) is 0 Å². The van der Waals surface area contributed by atoms with Crippen LogP contribution >= 0.6 is 27.7 Å². The van der Waals surface area contributed by atoms with Crippen molar-refractivity contribution in [2.24, 2.45) is 0 Å². The van der Waals surface area contributed by atoms with Crippen LogP contribution in [0.2, 0.25) is 0 Å². The second-order valence-electron chi connectivity index (χ2n) is 3.96. The molecule has 2 aromatic rings. The maximum atomic E-state index is 9.07. The summed E-state index contributed by atoms with van der Waals surface area (Å²) >= 11 is 5.12. The molecule has 0 spiro atoms. The highest BCUT2D eigenvalue weighted by Crippen LogP contribution is 2.20. The SMILES string of the molecule is OCc1cccc(SCCOc2ccc(Br)cc2)c1. The van der Waals surface area contributed by atoms with E-state index in [-0.39, 0.29) is 6.61 Å². The van der Waals surface area contributed by atoms with E-state index in [1.54, 1.807) is 11.8 Å². The Kier molecular flexibility index (Phi) is 5.76. The van der Waals surface area contributed by atoms with Gasteiger partial charge in [-0.2, -0.15) is 0 Å². The Morgan fingerprint density at radius 3 is 2.63 bits per heavy atom. The van der Waals surface area contributed by atoms with Crippen LogP contribution in [0, 0.1) is 0 Å². The Bertz CT molecular complexity index is 514. The molecule has 0 unspecified atom stereocenters. The van der Waals surface area contributed by atoms with Crippen LogP contribution in [0.1, 0.15) is 5.56 Å². The fourth-order valence-electron chi connectivity index (χ4n) is 1.58. The number of aliphatic hydroxyl groups excluding tert-OH is 1. The van der Waals surface area contributed by atoms with Gasteiger partial charge in [0.05, 0.1) is 13.2 Å². The van der Waals surface area contributed by atoms with Crippen LogP contribution in [-0.4, -0.2) is 17.5 Å². The molecule has 2 nitrogen and oxygen atoms in total. The largest absolute Gasteiger partial charge is 0.493 e.